The normalized spacial score (nSPS) is 23.1. The number of benzene rings is 1. The van der Waals surface area contributed by atoms with Gasteiger partial charge in [0.15, 0.2) is 0 Å². The smallest absolute Gasteiger partial charge is 0.295 e. The van der Waals surface area contributed by atoms with Crippen molar-refractivity contribution in [2.24, 2.45) is 0 Å². The largest absolute Gasteiger partial charge is 0.381 e. The number of nitro benzene ring substituents is 1. The highest BCUT2D eigenvalue weighted by molar-refractivity contribution is 5.64. The van der Waals surface area contributed by atoms with Crippen molar-refractivity contribution in [3.63, 3.8) is 0 Å². The van der Waals surface area contributed by atoms with E-state index in [1.165, 1.54) is 0 Å². The standard InChI is InChI=1S/C19H26FN3O3/c20-17-12-19(23(24)25)18(11-16(17)13-1-2-13)21-14-3-7-22(8-4-14)15-5-9-26-10-6-15/h11-15,21H,1-10H2. The number of hydrogen-bond donors (Lipinski definition) is 1. The Bertz CT molecular complexity index is 666. The zero-order valence-electron chi connectivity index (χ0n) is 15.0. The molecule has 0 spiro atoms. The summed E-state index contributed by atoms with van der Waals surface area (Å²) in [5.41, 5.74) is 0.944. The van der Waals surface area contributed by atoms with Crippen molar-refractivity contribution < 1.29 is 14.1 Å². The molecule has 1 aromatic carbocycles. The number of nitrogens with zero attached hydrogens (tertiary/aromatic N) is 2. The topological polar surface area (TPSA) is 67.6 Å². The third-order valence-corrected chi connectivity index (χ3v) is 5.93. The van der Waals surface area contributed by atoms with Crippen molar-refractivity contribution in [1.82, 2.24) is 4.90 Å². The van der Waals surface area contributed by atoms with E-state index in [1.807, 2.05) is 0 Å². The summed E-state index contributed by atoms with van der Waals surface area (Å²) >= 11 is 0. The number of rotatable bonds is 5. The minimum atomic E-state index is -0.487. The minimum Gasteiger partial charge on any atom is -0.381 e. The number of halogens is 1. The lowest BCUT2D eigenvalue weighted by Gasteiger charge is -2.39. The fourth-order valence-electron chi connectivity index (χ4n) is 4.23. The molecule has 1 N–H and O–H groups in total. The van der Waals surface area contributed by atoms with E-state index in [0.717, 1.165) is 70.9 Å². The van der Waals surface area contributed by atoms with Gasteiger partial charge in [-0.1, -0.05) is 0 Å². The lowest BCUT2D eigenvalue weighted by molar-refractivity contribution is -0.384. The van der Waals surface area contributed by atoms with Crippen molar-refractivity contribution in [2.75, 3.05) is 31.6 Å². The maximum absolute atomic E-state index is 14.2. The van der Waals surface area contributed by atoms with Gasteiger partial charge in [-0.3, -0.25) is 10.1 Å². The summed E-state index contributed by atoms with van der Waals surface area (Å²) in [7, 11) is 0. The van der Waals surface area contributed by atoms with Gasteiger partial charge < -0.3 is 15.0 Å². The third kappa shape index (κ3) is 3.83. The molecule has 3 fully saturated rings. The molecule has 6 nitrogen and oxygen atoms in total. The zero-order chi connectivity index (χ0) is 18.1. The van der Waals surface area contributed by atoms with Crippen LogP contribution < -0.4 is 5.32 Å². The van der Waals surface area contributed by atoms with E-state index < -0.39 is 10.7 Å². The van der Waals surface area contributed by atoms with Crippen LogP contribution in [0.4, 0.5) is 15.8 Å². The van der Waals surface area contributed by atoms with Crippen LogP contribution in [0.25, 0.3) is 0 Å². The first-order chi connectivity index (χ1) is 12.6. The molecule has 0 radical (unpaired) electrons. The van der Waals surface area contributed by atoms with Gasteiger partial charge in [0.2, 0.25) is 0 Å². The number of nitrogens with one attached hydrogen (secondary N) is 1. The van der Waals surface area contributed by atoms with Crippen LogP contribution in [0, 0.1) is 15.9 Å². The Morgan fingerprint density at radius 2 is 1.81 bits per heavy atom. The maximum Gasteiger partial charge on any atom is 0.295 e. The highest BCUT2D eigenvalue weighted by atomic mass is 19.1. The number of piperidine rings is 1. The molecule has 0 aromatic heterocycles. The highest BCUT2D eigenvalue weighted by Crippen LogP contribution is 2.44. The molecule has 4 rings (SSSR count). The van der Waals surface area contributed by atoms with Crippen molar-refractivity contribution in [2.45, 2.75) is 56.5 Å². The van der Waals surface area contributed by atoms with E-state index in [4.69, 9.17) is 4.74 Å². The number of anilines is 1. The van der Waals surface area contributed by atoms with Crippen molar-refractivity contribution in [3.8, 4) is 0 Å². The monoisotopic (exact) mass is 363 g/mol. The Morgan fingerprint density at radius 1 is 1.12 bits per heavy atom. The van der Waals surface area contributed by atoms with E-state index in [9.17, 15) is 14.5 Å². The molecule has 26 heavy (non-hydrogen) atoms. The molecule has 7 heteroatoms. The van der Waals surface area contributed by atoms with Gasteiger partial charge in [0, 0.05) is 38.4 Å². The summed E-state index contributed by atoms with van der Waals surface area (Å²) in [5, 5.41) is 14.7. The molecular weight excluding hydrogens is 337 g/mol. The van der Waals surface area contributed by atoms with Gasteiger partial charge in [0.25, 0.3) is 5.69 Å². The lowest BCUT2D eigenvalue weighted by Crippen LogP contribution is -2.46. The molecule has 3 aliphatic rings. The lowest BCUT2D eigenvalue weighted by atomic mass is 9.99. The van der Waals surface area contributed by atoms with E-state index in [-0.39, 0.29) is 17.6 Å². The van der Waals surface area contributed by atoms with Crippen LogP contribution in [0.5, 0.6) is 0 Å². The second-order valence-electron chi connectivity index (χ2n) is 7.72. The van der Waals surface area contributed by atoms with Gasteiger partial charge in [-0.25, -0.2) is 4.39 Å². The van der Waals surface area contributed by atoms with Crippen LogP contribution in [-0.2, 0) is 4.74 Å². The van der Waals surface area contributed by atoms with Gasteiger partial charge in [0.1, 0.15) is 11.5 Å². The van der Waals surface area contributed by atoms with E-state index in [2.05, 4.69) is 10.2 Å². The molecule has 1 saturated carbocycles. The van der Waals surface area contributed by atoms with Gasteiger partial charge >= 0.3 is 0 Å². The third-order valence-electron chi connectivity index (χ3n) is 5.93. The van der Waals surface area contributed by atoms with Crippen molar-refractivity contribution in [3.05, 3.63) is 33.6 Å². The molecule has 1 aromatic rings. The molecule has 0 atom stereocenters. The molecule has 0 amide bonds. The van der Waals surface area contributed by atoms with Crippen molar-refractivity contribution in [1.29, 1.82) is 0 Å². The average molecular weight is 363 g/mol. The average Bonchev–Trinajstić information content (AvgIpc) is 3.49. The SMILES string of the molecule is O=[N+]([O-])c1cc(F)c(C2CC2)cc1NC1CCN(C2CCOCC2)CC1. The predicted molar refractivity (Wildman–Crippen MR) is 97.1 cm³/mol. The Kier molecular flexibility index (Phi) is 5.09. The summed E-state index contributed by atoms with van der Waals surface area (Å²) in [6.07, 6.45) is 6.02. The molecular formula is C19H26FN3O3. The predicted octanol–water partition coefficient (Wildman–Crippen LogP) is 3.67. The number of ether oxygens (including phenoxy) is 1. The Labute approximate surface area is 152 Å². The van der Waals surface area contributed by atoms with E-state index in [1.54, 1.807) is 6.07 Å². The van der Waals surface area contributed by atoms with Crippen LogP contribution in [0.2, 0.25) is 0 Å². The van der Waals surface area contributed by atoms with Crippen LogP contribution >= 0.6 is 0 Å². The van der Waals surface area contributed by atoms with Crippen molar-refractivity contribution >= 4 is 11.4 Å². The number of hydrogen-bond acceptors (Lipinski definition) is 5. The first-order valence-electron chi connectivity index (χ1n) is 9.68. The van der Waals surface area contributed by atoms with Crippen LogP contribution in [0.3, 0.4) is 0 Å². The molecule has 0 unspecified atom stereocenters. The summed E-state index contributed by atoms with van der Waals surface area (Å²) in [4.78, 5) is 13.4. The number of nitro groups is 1. The first kappa shape index (κ1) is 17.7. The van der Waals surface area contributed by atoms with Gasteiger partial charge in [0.05, 0.1) is 11.0 Å². The molecule has 0 bridgehead atoms. The Balaban J connectivity index is 1.42. The Hall–Kier alpha value is -1.73. The summed E-state index contributed by atoms with van der Waals surface area (Å²) in [6, 6.07) is 3.57. The zero-order valence-corrected chi connectivity index (χ0v) is 15.0. The Morgan fingerprint density at radius 3 is 2.42 bits per heavy atom. The van der Waals surface area contributed by atoms with Crippen LogP contribution in [-0.4, -0.2) is 48.2 Å². The highest BCUT2D eigenvalue weighted by Gasteiger charge is 2.31. The molecule has 2 aliphatic heterocycles. The second kappa shape index (κ2) is 7.48. The molecule has 2 heterocycles. The van der Waals surface area contributed by atoms with E-state index >= 15 is 0 Å². The van der Waals surface area contributed by atoms with Crippen LogP contribution in [0.1, 0.15) is 50.0 Å². The fourth-order valence-corrected chi connectivity index (χ4v) is 4.23. The number of likely N-dealkylation sites (tertiary alicyclic amines) is 1. The second-order valence-corrected chi connectivity index (χ2v) is 7.72. The van der Waals surface area contributed by atoms with E-state index in [0.29, 0.717) is 17.3 Å². The van der Waals surface area contributed by atoms with Crippen LogP contribution in [0.15, 0.2) is 12.1 Å². The van der Waals surface area contributed by atoms with Gasteiger partial charge in [-0.2, -0.15) is 0 Å². The molecule has 142 valence electrons. The maximum atomic E-state index is 14.2. The fraction of sp³-hybridized carbons (Fsp3) is 0.684. The summed E-state index contributed by atoms with van der Waals surface area (Å²) in [5.74, 6) is -0.217. The quantitative estimate of drug-likeness (QED) is 0.639. The first-order valence-corrected chi connectivity index (χ1v) is 9.68. The van der Waals surface area contributed by atoms with Gasteiger partial charge in [-0.15, -0.1) is 0 Å². The van der Waals surface area contributed by atoms with Gasteiger partial charge in [-0.05, 0) is 56.1 Å². The summed E-state index contributed by atoms with van der Waals surface area (Å²) < 4.78 is 19.6. The minimum absolute atomic E-state index is 0.154. The summed E-state index contributed by atoms with van der Waals surface area (Å²) in [6.45, 7) is 3.67. The molecule has 1 aliphatic carbocycles. The molecule has 2 saturated heterocycles.